The minimum Gasteiger partial charge on any atom is -0.505 e. The molecule has 0 saturated carbocycles. The number of aromatic nitrogens is 3. The molecule has 9 nitrogen and oxygen atoms in total. The molecule has 0 bridgehead atoms. The van der Waals surface area contributed by atoms with Gasteiger partial charge in [0.25, 0.3) is 0 Å². The number of phenolic OH excluding ortho intramolecular Hbond substituents is 1. The number of anilines is 3. The van der Waals surface area contributed by atoms with Crippen LogP contribution in [0, 0.1) is 19.9 Å². The zero-order valence-corrected chi connectivity index (χ0v) is 19.4. The van der Waals surface area contributed by atoms with E-state index in [-0.39, 0.29) is 17.6 Å². The Morgan fingerprint density at radius 3 is 2.51 bits per heavy atom. The lowest BCUT2D eigenvalue weighted by molar-refractivity contribution is 0.122. The Kier molecular flexibility index (Phi) is 6.19. The van der Waals surface area contributed by atoms with Gasteiger partial charge in [0.1, 0.15) is 5.69 Å². The van der Waals surface area contributed by atoms with Gasteiger partial charge in [0.2, 0.25) is 11.9 Å². The maximum absolute atomic E-state index is 14.1. The number of ether oxygens (including phenoxy) is 1. The maximum atomic E-state index is 14.1. The van der Waals surface area contributed by atoms with Gasteiger partial charge in [-0.15, -0.1) is 5.11 Å². The third-order valence-corrected chi connectivity index (χ3v) is 5.72. The van der Waals surface area contributed by atoms with E-state index in [0.717, 1.165) is 16.5 Å². The molecular formula is C25H24FN7O2. The second-order valence-corrected chi connectivity index (χ2v) is 8.31. The van der Waals surface area contributed by atoms with Gasteiger partial charge >= 0.3 is 6.08 Å². The third kappa shape index (κ3) is 5.02. The lowest BCUT2D eigenvalue weighted by atomic mass is 10.0. The van der Waals surface area contributed by atoms with Crippen molar-refractivity contribution < 1.29 is 14.2 Å². The second kappa shape index (κ2) is 9.59. The largest absolute Gasteiger partial charge is 0.505 e. The molecule has 0 aliphatic carbocycles. The molecule has 0 amide bonds. The van der Waals surface area contributed by atoms with Crippen LogP contribution in [0.25, 0.3) is 10.8 Å². The fourth-order valence-electron chi connectivity index (χ4n) is 3.87. The summed E-state index contributed by atoms with van der Waals surface area (Å²) >= 11 is 0. The fourth-order valence-corrected chi connectivity index (χ4v) is 3.87. The summed E-state index contributed by atoms with van der Waals surface area (Å²) in [6, 6.07) is 14.9. The summed E-state index contributed by atoms with van der Waals surface area (Å²) < 4.78 is 19.4. The molecule has 5 rings (SSSR count). The number of morpholine rings is 1. The number of benzene rings is 3. The molecule has 1 aliphatic rings. The number of aromatic hydroxyl groups is 1. The highest BCUT2D eigenvalue weighted by Crippen LogP contribution is 2.39. The molecule has 0 unspecified atom stereocenters. The molecule has 1 aliphatic heterocycles. The van der Waals surface area contributed by atoms with E-state index >= 15 is 0 Å². The number of rotatable bonds is 5. The van der Waals surface area contributed by atoms with E-state index < -0.39 is 6.08 Å². The van der Waals surface area contributed by atoms with Gasteiger partial charge in [-0.05, 0) is 61.2 Å². The Morgan fingerprint density at radius 2 is 1.74 bits per heavy atom. The van der Waals surface area contributed by atoms with Crippen molar-refractivity contribution in [3.63, 3.8) is 0 Å². The van der Waals surface area contributed by atoms with Gasteiger partial charge in [-0.1, -0.05) is 17.7 Å². The van der Waals surface area contributed by atoms with Crippen molar-refractivity contribution >= 4 is 39.7 Å². The molecule has 35 heavy (non-hydrogen) atoms. The number of halogens is 1. The Morgan fingerprint density at radius 1 is 0.971 bits per heavy atom. The molecule has 1 aromatic heterocycles. The van der Waals surface area contributed by atoms with Crippen LogP contribution in [-0.2, 0) is 4.74 Å². The van der Waals surface area contributed by atoms with E-state index in [1.165, 1.54) is 0 Å². The van der Waals surface area contributed by atoms with Crippen LogP contribution in [0.1, 0.15) is 11.1 Å². The Labute approximate surface area is 201 Å². The van der Waals surface area contributed by atoms with Crippen LogP contribution < -0.4 is 10.2 Å². The van der Waals surface area contributed by atoms with Gasteiger partial charge in [0, 0.05) is 24.2 Å². The summed E-state index contributed by atoms with van der Waals surface area (Å²) in [5.41, 5.74) is 3.66. The monoisotopic (exact) mass is 473 g/mol. The number of nitrogens with one attached hydrogen (secondary N) is 1. The van der Waals surface area contributed by atoms with Gasteiger partial charge in [0.05, 0.1) is 18.9 Å². The molecule has 10 heteroatoms. The molecular weight excluding hydrogens is 449 g/mol. The molecule has 2 N–H and O–H groups in total. The highest BCUT2D eigenvalue weighted by atomic mass is 19.1. The molecule has 1 fully saturated rings. The highest BCUT2D eigenvalue weighted by molar-refractivity contribution is 5.95. The van der Waals surface area contributed by atoms with Crippen LogP contribution in [0.15, 0.2) is 58.8 Å². The first-order valence-electron chi connectivity index (χ1n) is 11.2. The molecule has 2 heterocycles. The average molecular weight is 474 g/mol. The van der Waals surface area contributed by atoms with Gasteiger partial charge in [-0.25, -0.2) is 0 Å². The van der Waals surface area contributed by atoms with Gasteiger partial charge < -0.3 is 20.1 Å². The van der Waals surface area contributed by atoms with Crippen molar-refractivity contribution in [1.82, 2.24) is 15.0 Å². The predicted molar refractivity (Wildman–Crippen MR) is 132 cm³/mol. The van der Waals surface area contributed by atoms with E-state index in [2.05, 4.69) is 30.5 Å². The van der Waals surface area contributed by atoms with Crippen LogP contribution in [0.3, 0.4) is 0 Å². The fraction of sp³-hybridized carbons (Fsp3) is 0.240. The lowest BCUT2D eigenvalue weighted by Gasteiger charge is -2.26. The molecule has 4 aromatic rings. The number of hydrogen-bond acceptors (Lipinski definition) is 9. The minimum absolute atomic E-state index is 0.0446. The first-order chi connectivity index (χ1) is 17.0. The summed E-state index contributed by atoms with van der Waals surface area (Å²) in [6.45, 7) is 6.11. The Bertz CT molecular complexity index is 1400. The number of nitrogens with zero attached hydrogens (tertiary/aromatic N) is 6. The van der Waals surface area contributed by atoms with Gasteiger partial charge in [-0.3, -0.25) is 0 Å². The van der Waals surface area contributed by atoms with Crippen molar-refractivity contribution in [3.05, 3.63) is 65.7 Å². The summed E-state index contributed by atoms with van der Waals surface area (Å²) in [4.78, 5) is 13.8. The standard InChI is InChI=1S/C25H24FN7O2/c1-15-3-5-18(6-4-15)31-32-21-16(2)13-17-14-19(7-8-20(17)22(21)34)27-24-28-23(26)29-25(30-24)33-9-11-35-12-10-33/h3-8,13-14,34H,9-12H2,1-2H3,(H,27,28,29,30). The molecule has 0 spiro atoms. The zero-order valence-electron chi connectivity index (χ0n) is 19.4. The van der Waals surface area contributed by atoms with E-state index in [4.69, 9.17) is 4.74 Å². The van der Waals surface area contributed by atoms with Crippen molar-refractivity contribution in [2.45, 2.75) is 13.8 Å². The van der Waals surface area contributed by atoms with Crippen LogP contribution >= 0.6 is 0 Å². The average Bonchev–Trinajstić information content (AvgIpc) is 2.85. The quantitative estimate of drug-likeness (QED) is 0.369. The van der Waals surface area contributed by atoms with Crippen LogP contribution in [0.4, 0.5) is 33.3 Å². The lowest BCUT2D eigenvalue weighted by Crippen LogP contribution is -2.37. The minimum atomic E-state index is -0.859. The van der Waals surface area contributed by atoms with Crippen molar-refractivity contribution in [1.29, 1.82) is 0 Å². The number of phenols is 1. The molecule has 0 radical (unpaired) electrons. The summed E-state index contributed by atoms with van der Waals surface area (Å²) in [7, 11) is 0. The van der Waals surface area contributed by atoms with E-state index in [1.807, 2.05) is 55.1 Å². The number of fused-ring (bicyclic) bond motifs is 1. The third-order valence-electron chi connectivity index (χ3n) is 5.72. The number of azo groups is 1. The predicted octanol–water partition coefficient (Wildman–Crippen LogP) is 5.48. The van der Waals surface area contributed by atoms with Crippen molar-refractivity contribution in [2.24, 2.45) is 10.2 Å². The normalized spacial score (nSPS) is 14.1. The Balaban J connectivity index is 1.42. The summed E-state index contributed by atoms with van der Waals surface area (Å²) in [5, 5.41) is 23.9. The van der Waals surface area contributed by atoms with Gasteiger partial charge in [-0.2, -0.15) is 24.5 Å². The van der Waals surface area contributed by atoms with Crippen LogP contribution in [-0.4, -0.2) is 46.4 Å². The summed E-state index contributed by atoms with van der Waals surface area (Å²) in [6.07, 6.45) is -0.859. The van der Waals surface area contributed by atoms with E-state index in [1.54, 1.807) is 12.1 Å². The second-order valence-electron chi connectivity index (χ2n) is 8.31. The molecule has 178 valence electrons. The zero-order chi connectivity index (χ0) is 24.4. The van der Waals surface area contributed by atoms with E-state index in [0.29, 0.717) is 48.8 Å². The first kappa shape index (κ1) is 22.6. The van der Waals surface area contributed by atoms with E-state index in [9.17, 15) is 9.50 Å². The van der Waals surface area contributed by atoms with Crippen LogP contribution in [0.2, 0.25) is 0 Å². The maximum Gasteiger partial charge on any atom is 0.315 e. The Hall–Kier alpha value is -4.18. The summed E-state index contributed by atoms with van der Waals surface area (Å²) in [5.74, 6) is 0.409. The first-order valence-corrected chi connectivity index (χ1v) is 11.2. The smallest absolute Gasteiger partial charge is 0.315 e. The highest BCUT2D eigenvalue weighted by Gasteiger charge is 2.17. The topological polar surface area (TPSA) is 108 Å². The number of hydrogen-bond donors (Lipinski definition) is 2. The van der Waals surface area contributed by atoms with Crippen molar-refractivity contribution in [2.75, 3.05) is 36.5 Å². The molecule has 1 saturated heterocycles. The molecule has 0 atom stereocenters. The van der Waals surface area contributed by atoms with Crippen LogP contribution in [0.5, 0.6) is 5.75 Å². The number of aryl methyl sites for hydroxylation is 2. The SMILES string of the molecule is Cc1ccc(N=Nc2c(C)cc3cc(Nc4nc(F)nc(N5CCOCC5)n4)ccc3c2O)cc1. The molecule has 3 aromatic carbocycles. The van der Waals surface area contributed by atoms with Gasteiger partial charge in [0.15, 0.2) is 5.75 Å². The van der Waals surface area contributed by atoms with Crippen molar-refractivity contribution in [3.8, 4) is 5.75 Å².